The Kier molecular flexibility index (Phi) is 6.87. The van der Waals surface area contributed by atoms with Crippen LogP contribution in [-0.4, -0.2) is 31.2 Å². The van der Waals surface area contributed by atoms with E-state index in [2.05, 4.69) is 10.6 Å². The van der Waals surface area contributed by atoms with E-state index in [4.69, 9.17) is 10.1 Å². The average Bonchev–Trinajstić information content (AvgIpc) is 2.70. The van der Waals surface area contributed by atoms with E-state index in [9.17, 15) is 13.6 Å². The minimum atomic E-state index is -0.999. The largest absolute Gasteiger partial charge is 0.493 e. The molecule has 2 aromatic carbocycles. The van der Waals surface area contributed by atoms with Gasteiger partial charge in [0.2, 0.25) is 5.91 Å². The number of ether oxygens (including phenoxy) is 1. The van der Waals surface area contributed by atoms with Crippen LogP contribution in [0.15, 0.2) is 42.5 Å². The highest BCUT2D eigenvalue weighted by atomic mass is 32.2. The molecule has 1 aliphatic heterocycles. The van der Waals surface area contributed by atoms with Crippen molar-refractivity contribution in [1.29, 1.82) is 5.41 Å². The van der Waals surface area contributed by atoms with Crippen LogP contribution in [-0.2, 0) is 9.67 Å². The van der Waals surface area contributed by atoms with E-state index in [-0.39, 0.29) is 16.5 Å². The van der Waals surface area contributed by atoms with Gasteiger partial charge in [0.1, 0.15) is 22.3 Å². The van der Waals surface area contributed by atoms with E-state index in [0.717, 1.165) is 30.0 Å². The summed E-state index contributed by atoms with van der Waals surface area (Å²) in [5, 5.41) is 14.3. The molecule has 0 radical (unpaired) electrons. The molecule has 154 valence electrons. The molecule has 0 saturated heterocycles. The first-order chi connectivity index (χ1) is 13.9. The molecule has 0 spiro atoms. The fourth-order valence-electron chi connectivity index (χ4n) is 3.24. The Morgan fingerprint density at radius 3 is 2.86 bits per heavy atom. The van der Waals surface area contributed by atoms with Crippen molar-refractivity contribution in [3.63, 3.8) is 0 Å². The van der Waals surface area contributed by atoms with Crippen molar-refractivity contribution in [2.75, 3.05) is 20.2 Å². The van der Waals surface area contributed by atoms with Crippen LogP contribution in [0.3, 0.4) is 0 Å². The van der Waals surface area contributed by atoms with Crippen molar-refractivity contribution >= 4 is 22.7 Å². The summed E-state index contributed by atoms with van der Waals surface area (Å²) in [6, 6.07) is 10.3. The Hall–Kier alpha value is -2.45. The first-order valence-electron chi connectivity index (χ1n) is 9.36. The molecule has 3 rings (SSSR count). The maximum Gasteiger partial charge on any atom is 0.221 e. The van der Waals surface area contributed by atoms with Gasteiger partial charge in [-0.05, 0) is 44.3 Å². The Bertz CT molecular complexity index is 909. The number of fused-ring (bicyclic) bond motifs is 1. The summed E-state index contributed by atoms with van der Waals surface area (Å²) in [5.41, 5.74) is 0.572. The Balaban J connectivity index is 1.93. The summed E-state index contributed by atoms with van der Waals surface area (Å²) in [7, 11) is 1.82. The highest BCUT2D eigenvalue weighted by Gasteiger charge is 2.41. The van der Waals surface area contributed by atoms with Crippen LogP contribution in [0.5, 0.6) is 5.75 Å². The van der Waals surface area contributed by atoms with Gasteiger partial charge in [-0.1, -0.05) is 30.0 Å². The summed E-state index contributed by atoms with van der Waals surface area (Å²) in [6.45, 7) is 1.04. The molecule has 1 heterocycles. The van der Waals surface area contributed by atoms with E-state index in [0.29, 0.717) is 43.7 Å². The van der Waals surface area contributed by atoms with Gasteiger partial charge in [0.25, 0.3) is 0 Å². The summed E-state index contributed by atoms with van der Waals surface area (Å²) >= 11 is 1.00. The van der Waals surface area contributed by atoms with E-state index < -0.39 is 16.5 Å². The number of thioether (sulfide) groups is 1. The summed E-state index contributed by atoms with van der Waals surface area (Å²) in [6.07, 6.45) is 1.37. The molecule has 1 amide bonds. The number of rotatable bonds is 7. The van der Waals surface area contributed by atoms with E-state index in [1.807, 2.05) is 25.2 Å². The fraction of sp³-hybridized carbons (Fsp3) is 0.333. The topological polar surface area (TPSA) is 74.2 Å². The average molecular weight is 419 g/mol. The van der Waals surface area contributed by atoms with E-state index in [1.54, 1.807) is 6.07 Å². The minimum absolute atomic E-state index is 0.136. The number of hydrogen-bond acceptors (Lipinski definition) is 5. The molecule has 0 fully saturated rings. The summed E-state index contributed by atoms with van der Waals surface area (Å²) in [5.74, 6) is -0.865. The Morgan fingerprint density at radius 1 is 1.28 bits per heavy atom. The predicted octanol–water partition coefficient (Wildman–Crippen LogP) is 3.77. The summed E-state index contributed by atoms with van der Waals surface area (Å²) in [4.78, 5) is 11.6. The molecule has 0 bridgehead atoms. The summed E-state index contributed by atoms with van der Waals surface area (Å²) < 4.78 is 33.6. The molecular formula is C21H23F2N3O2S. The molecular weight excluding hydrogens is 396 g/mol. The van der Waals surface area contributed by atoms with Gasteiger partial charge in [0, 0.05) is 24.0 Å². The number of para-hydroxylation sites is 1. The standard InChI is InChI=1S/C21H23F2N3O2S/c1-25-11-4-7-19(27)26-21(10-12-28-18-6-3-2-5-16(18)21)29-20(24)15-13-14(22)8-9-17(15)23/h2-3,5-6,8-9,13,24-25H,4,7,10-12H2,1H3,(H,26,27). The predicted molar refractivity (Wildman–Crippen MR) is 110 cm³/mol. The van der Waals surface area contributed by atoms with Crippen LogP contribution < -0.4 is 15.4 Å². The van der Waals surface area contributed by atoms with Gasteiger partial charge in [0.05, 0.1) is 11.7 Å². The molecule has 1 atom stereocenters. The number of halogens is 2. The lowest BCUT2D eigenvalue weighted by Gasteiger charge is -2.39. The van der Waals surface area contributed by atoms with Crippen LogP contribution in [0.25, 0.3) is 0 Å². The number of carbonyl (C=O) groups is 1. The van der Waals surface area contributed by atoms with Gasteiger partial charge in [-0.2, -0.15) is 0 Å². The lowest BCUT2D eigenvalue weighted by atomic mass is 9.99. The van der Waals surface area contributed by atoms with Crippen molar-refractivity contribution < 1.29 is 18.3 Å². The number of amides is 1. The normalized spacial score (nSPS) is 17.9. The van der Waals surface area contributed by atoms with Crippen LogP contribution in [0.1, 0.15) is 30.4 Å². The molecule has 29 heavy (non-hydrogen) atoms. The molecule has 8 heteroatoms. The van der Waals surface area contributed by atoms with Crippen LogP contribution in [0, 0.1) is 17.0 Å². The SMILES string of the molecule is CNCCCC(=O)NC1(SC(=N)c2cc(F)ccc2F)CCOc2ccccc21. The van der Waals surface area contributed by atoms with Crippen LogP contribution in [0.2, 0.25) is 0 Å². The lowest BCUT2D eigenvalue weighted by molar-refractivity contribution is -0.122. The number of hydrogen-bond donors (Lipinski definition) is 3. The third kappa shape index (κ3) is 4.94. The highest BCUT2D eigenvalue weighted by Crippen LogP contribution is 2.46. The molecule has 2 aromatic rings. The van der Waals surface area contributed by atoms with E-state index in [1.165, 1.54) is 0 Å². The first kappa shape index (κ1) is 21.3. The van der Waals surface area contributed by atoms with Gasteiger partial charge in [-0.15, -0.1) is 0 Å². The lowest BCUT2D eigenvalue weighted by Crippen LogP contribution is -2.47. The van der Waals surface area contributed by atoms with Crippen LogP contribution >= 0.6 is 11.8 Å². The van der Waals surface area contributed by atoms with Gasteiger partial charge in [0.15, 0.2) is 0 Å². The number of benzene rings is 2. The monoisotopic (exact) mass is 419 g/mol. The minimum Gasteiger partial charge on any atom is -0.493 e. The second-order valence-corrected chi connectivity index (χ2v) is 8.04. The highest BCUT2D eigenvalue weighted by molar-refractivity contribution is 8.15. The molecule has 1 aliphatic rings. The van der Waals surface area contributed by atoms with Gasteiger partial charge >= 0.3 is 0 Å². The number of nitrogens with one attached hydrogen (secondary N) is 3. The smallest absolute Gasteiger partial charge is 0.221 e. The van der Waals surface area contributed by atoms with E-state index >= 15 is 0 Å². The fourth-order valence-corrected chi connectivity index (χ4v) is 4.48. The maximum atomic E-state index is 14.2. The molecule has 5 nitrogen and oxygen atoms in total. The van der Waals surface area contributed by atoms with Crippen molar-refractivity contribution in [3.05, 3.63) is 65.2 Å². The third-order valence-electron chi connectivity index (χ3n) is 4.66. The Morgan fingerprint density at radius 2 is 2.07 bits per heavy atom. The van der Waals surface area contributed by atoms with Gasteiger partial charge < -0.3 is 15.4 Å². The van der Waals surface area contributed by atoms with Crippen molar-refractivity contribution in [2.45, 2.75) is 24.1 Å². The Labute approximate surface area is 172 Å². The molecule has 0 saturated carbocycles. The molecule has 0 aliphatic carbocycles. The van der Waals surface area contributed by atoms with Crippen molar-refractivity contribution in [1.82, 2.24) is 10.6 Å². The molecule has 1 unspecified atom stereocenters. The van der Waals surface area contributed by atoms with Crippen LogP contribution in [0.4, 0.5) is 8.78 Å². The number of carbonyl (C=O) groups excluding carboxylic acids is 1. The quantitative estimate of drug-likeness (QED) is 0.276. The first-order valence-corrected chi connectivity index (χ1v) is 10.2. The zero-order valence-corrected chi connectivity index (χ0v) is 16.9. The van der Waals surface area contributed by atoms with Gasteiger partial charge in [-0.25, -0.2) is 8.78 Å². The maximum absolute atomic E-state index is 14.2. The molecule has 0 aromatic heterocycles. The third-order valence-corrected chi connectivity index (χ3v) is 5.95. The zero-order valence-electron chi connectivity index (χ0n) is 16.1. The van der Waals surface area contributed by atoms with Gasteiger partial charge in [-0.3, -0.25) is 10.2 Å². The van der Waals surface area contributed by atoms with Crippen molar-refractivity contribution in [2.24, 2.45) is 0 Å². The second kappa shape index (κ2) is 9.37. The van der Waals surface area contributed by atoms with Crippen molar-refractivity contribution in [3.8, 4) is 5.75 Å². The second-order valence-electron chi connectivity index (χ2n) is 6.73. The molecule has 3 N–H and O–H groups in total. The zero-order chi connectivity index (χ0) is 20.9.